The van der Waals surface area contributed by atoms with Crippen molar-refractivity contribution in [3.8, 4) is 0 Å². The van der Waals surface area contributed by atoms with E-state index in [2.05, 4.69) is 0 Å². The largest absolute Gasteiger partial charge is 0.872 e. The maximum Gasteiger partial charge on any atom is 0.454 e. The molecule has 0 saturated carbocycles. The number of allylic oxidation sites excluding steroid dienone is 1. The van der Waals surface area contributed by atoms with Gasteiger partial charge in [-0.15, -0.1) is 0 Å². The van der Waals surface area contributed by atoms with Gasteiger partial charge < -0.3 is 5.11 Å². The Kier molecular flexibility index (Phi) is 4.93. The Labute approximate surface area is 126 Å². The number of ketones is 1. The molecular weight excluding hydrogens is 366 g/mol. The Morgan fingerprint density at radius 1 is 0.875 bits per heavy atom. The van der Waals surface area contributed by atoms with E-state index in [1.807, 2.05) is 0 Å². The van der Waals surface area contributed by atoms with E-state index in [0.717, 1.165) is 0 Å². The first-order valence-corrected chi connectivity index (χ1v) is 5.53. The summed E-state index contributed by atoms with van der Waals surface area (Å²) in [5, 5.41) is 11.4. The lowest BCUT2D eigenvalue weighted by molar-refractivity contribution is -0.245. The van der Waals surface area contributed by atoms with E-state index < -0.39 is 70.8 Å². The third-order valence-corrected chi connectivity index (χ3v) is 2.53. The summed E-state index contributed by atoms with van der Waals surface area (Å²) in [5.74, 6) is -7.40. The smallest absolute Gasteiger partial charge is 0.454 e. The molecule has 1 rings (SSSR count). The number of hydrogen-bond acceptors (Lipinski definition) is 2. The standard InChI is InChI=1S/C12H4F10O2/c13-7-1-4(8(23)3-9(24)12(20,21)22)5(10(14,15)16)2-6(7)11(17,18)19/h1-3,23H/p-1/b8-3-. The molecule has 0 fully saturated rings. The second-order valence-electron chi connectivity index (χ2n) is 4.24. The van der Waals surface area contributed by atoms with Crippen LogP contribution in [0.25, 0.3) is 5.76 Å². The summed E-state index contributed by atoms with van der Waals surface area (Å²) in [5.41, 5.74) is -6.55. The third-order valence-electron chi connectivity index (χ3n) is 2.53. The van der Waals surface area contributed by atoms with Gasteiger partial charge in [0.15, 0.2) is 0 Å². The molecule has 2 nitrogen and oxygen atoms in total. The first kappa shape index (κ1) is 19.8. The van der Waals surface area contributed by atoms with Crippen LogP contribution in [0.1, 0.15) is 16.7 Å². The Hall–Kier alpha value is -2.27. The van der Waals surface area contributed by atoms with Gasteiger partial charge in [-0.2, -0.15) is 39.5 Å². The second kappa shape index (κ2) is 5.98. The van der Waals surface area contributed by atoms with Crippen molar-refractivity contribution in [2.24, 2.45) is 0 Å². The molecule has 0 aliphatic carbocycles. The first-order valence-electron chi connectivity index (χ1n) is 5.53. The fraction of sp³-hybridized carbons (Fsp3) is 0.250. The Morgan fingerprint density at radius 2 is 1.33 bits per heavy atom. The molecule has 1 aromatic carbocycles. The normalized spacial score (nSPS) is 14.0. The zero-order valence-electron chi connectivity index (χ0n) is 10.8. The molecule has 0 aliphatic rings. The molecule has 0 bridgehead atoms. The van der Waals surface area contributed by atoms with Gasteiger partial charge in [0.1, 0.15) is 5.82 Å². The lowest BCUT2D eigenvalue weighted by Gasteiger charge is -2.21. The molecule has 0 spiro atoms. The highest BCUT2D eigenvalue weighted by atomic mass is 19.4. The molecular formula is C12H3F10O2-. The molecule has 0 atom stereocenters. The van der Waals surface area contributed by atoms with Gasteiger partial charge in [0, 0.05) is 0 Å². The molecule has 0 N–H and O–H groups in total. The topological polar surface area (TPSA) is 40.1 Å². The fourth-order valence-electron chi connectivity index (χ4n) is 1.51. The van der Waals surface area contributed by atoms with E-state index in [-0.39, 0.29) is 0 Å². The molecule has 0 heterocycles. The minimum Gasteiger partial charge on any atom is -0.872 e. The summed E-state index contributed by atoms with van der Waals surface area (Å²) in [4.78, 5) is 10.6. The Balaban J connectivity index is 3.62. The van der Waals surface area contributed by atoms with Crippen molar-refractivity contribution in [2.75, 3.05) is 0 Å². The van der Waals surface area contributed by atoms with Crippen LogP contribution >= 0.6 is 0 Å². The predicted octanol–water partition coefficient (Wildman–Crippen LogP) is 3.70. The first-order chi connectivity index (χ1) is 10.5. The molecule has 0 amide bonds. The zero-order chi connectivity index (χ0) is 19.1. The monoisotopic (exact) mass is 369 g/mol. The number of carbonyl (C=O) groups excluding carboxylic acids is 1. The second-order valence-corrected chi connectivity index (χ2v) is 4.24. The van der Waals surface area contributed by atoms with Crippen molar-refractivity contribution in [1.29, 1.82) is 0 Å². The summed E-state index contributed by atoms with van der Waals surface area (Å²) in [7, 11) is 0. The summed E-state index contributed by atoms with van der Waals surface area (Å²) in [6.45, 7) is 0. The van der Waals surface area contributed by atoms with Gasteiger partial charge in [0.05, 0.1) is 11.1 Å². The van der Waals surface area contributed by atoms with E-state index in [1.54, 1.807) is 0 Å². The van der Waals surface area contributed by atoms with Crippen molar-refractivity contribution in [3.63, 3.8) is 0 Å². The van der Waals surface area contributed by atoms with Crippen LogP contribution in [-0.2, 0) is 17.1 Å². The fourth-order valence-corrected chi connectivity index (χ4v) is 1.51. The van der Waals surface area contributed by atoms with E-state index in [4.69, 9.17) is 0 Å². The van der Waals surface area contributed by atoms with E-state index in [1.165, 1.54) is 0 Å². The summed E-state index contributed by atoms with van der Waals surface area (Å²) in [6, 6.07) is -1.28. The van der Waals surface area contributed by atoms with Gasteiger partial charge >= 0.3 is 18.5 Å². The van der Waals surface area contributed by atoms with Crippen LogP contribution in [0, 0.1) is 5.82 Å². The van der Waals surface area contributed by atoms with Crippen molar-refractivity contribution < 1.29 is 53.8 Å². The van der Waals surface area contributed by atoms with E-state index in [0.29, 0.717) is 0 Å². The van der Waals surface area contributed by atoms with E-state index in [9.17, 15) is 53.8 Å². The summed E-state index contributed by atoms with van der Waals surface area (Å²) in [6.07, 6.45) is -17.6. The highest BCUT2D eigenvalue weighted by Crippen LogP contribution is 2.40. The zero-order valence-corrected chi connectivity index (χ0v) is 10.8. The number of halogens is 10. The molecule has 12 heteroatoms. The van der Waals surface area contributed by atoms with Gasteiger partial charge in [-0.05, 0) is 23.8 Å². The lowest BCUT2D eigenvalue weighted by atomic mass is 10.00. The minimum atomic E-state index is -5.62. The van der Waals surface area contributed by atoms with Crippen LogP contribution in [-0.4, -0.2) is 12.0 Å². The molecule has 0 aromatic heterocycles. The molecule has 0 aliphatic heterocycles. The van der Waals surface area contributed by atoms with Crippen LogP contribution in [0.2, 0.25) is 0 Å². The van der Waals surface area contributed by atoms with Gasteiger partial charge in [0.2, 0.25) is 0 Å². The van der Waals surface area contributed by atoms with Gasteiger partial charge in [-0.3, -0.25) is 4.79 Å². The van der Waals surface area contributed by atoms with Crippen LogP contribution in [0.4, 0.5) is 43.9 Å². The average molecular weight is 369 g/mol. The van der Waals surface area contributed by atoms with Crippen molar-refractivity contribution in [1.82, 2.24) is 0 Å². The molecule has 1 aromatic rings. The molecule has 0 saturated heterocycles. The van der Waals surface area contributed by atoms with Crippen LogP contribution in [0.3, 0.4) is 0 Å². The van der Waals surface area contributed by atoms with Crippen LogP contribution < -0.4 is 5.11 Å². The van der Waals surface area contributed by atoms with Gasteiger partial charge in [0.25, 0.3) is 5.78 Å². The highest BCUT2D eigenvalue weighted by Gasteiger charge is 2.41. The van der Waals surface area contributed by atoms with Crippen LogP contribution in [0.5, 0.6) is 0 Å². The molecule has 134 valence electrons. The summed E-state index contributed by atoms with van der Waals surface area (Å²) < 4.78 is 125. The maximum absolute atomic E-state index is 13.3. The highest BCUT2D eigenvalue weighted by molar-refractivity contribution is 5.99. The SMILES string of the molecule is O=C(/C=C(\[O-])c1cc(F)c(C(F)(F)F)cc1C(F)(F)F)C(F)(F)F. The Bertz CT molecular complexity index is 679. The van der Waals surface area contributed by atoms with Gasteiger partial charge in [-0.25, -0.2) is 4.39 Å². The van der Waals surface area contributed by atoms with Crippen molar-refractivity contribution in [3.05, 3.63) is 40.7 Å². The molecule has 24 heavy (non-hydrogen) atoms. The van der Waals surface area contributed by atoms with Gasteiger partial charge in [-0.1, -0.05) is 5.76 Å². The minimum absolute atomic E-state index is 0.520. The Morgan fingerprint density at radius 3 is 1.71 bits per heavy atom. The summed E-state index contributed by atoms with van der Waals surface area (Å²) >= 11 is 0. The molecule has 0 radical (unpaired) electrons. The number of hydrogen-bond donors (Lipinski definition) is 0. The number of benzene rings is 1. The van der Waals surface area contributed by atoms with Crippen molar-refractivity contribution in [2.45, 2.75) is 18.5 Å². The van der Waals surface area contributed by atoms with Crippen LogP contribution in [0.15, 0.2) is 18.2 Å². The third kappa shape index (κ3) is 4.38. The van der Waals surface area contributed by atoms with E-state index >= 15 is 0 Å². The number of rotatable bonds is 2. The van der Waals surface area contributed by atoms with Crippen molar-refractivity contribution >= 4 is 11.5 Å². The number of alkyl halides is 9. The lowest BCUT2D eigenvalue weighted by Crippen LogP contribution is -2.23. The molecule has 0 unspecified atom stereocenters. The maximum atomic E-state index is 13.3. The quantitative estimate of drug-likeness (QED) is 0.453. The number of carbonyl (C=O) groups is 1. The average Bonchev–Trinajstić information content (AvgIpc) is 2.33. The predicted molar refractivity (Wildman–Crippen MR) is 55.4 cm³/mol.